The molecule has 0 aliphatic carbocycles. The monoisotopic (exact) mass is 210 g/mol. The third kappa shape index (κ3) is 2.46. The van der Waals surface area contributed by atoms with E-state index in [1.54, 1.807) is 0 Å². The molecule has 0 heterocycles. The maximum atomic E-state index is 10.9. The van der Waals surface area contributed by atoms with Gasteiger partial charge in [-0.3, -0.25) is 4.79 Å². The molecule has 0 saturated heterocycles. The molecule has 0 aromatic heterocycles. The number of hydrogen-bond acceptors (Lipinski definition) is 4. The largest absolute Gasteiger partial charge is 0.508 e. The highest BCUT2D eigenvalue weighted by Gasteiger charge is 2.17. The van der Waals surface area contributed by atoms with E-state index >= 15 is 0 Å². The number of hydrogen-bond donors (Lipinski definition) is 3. The molecule has 0 aliphatic heterocycles. The molecule has 1 aromatic rings. The summed E-state index contributed by atoms with van der Waals surface area (Å²) >= 11 is 0. The van der Waals surface area contributed by atoms with Crippen molar-refractivity contribution < 1.29 is 24.9 Å². The third-order valence-electron chi connectivity index (χ3n) is 1.84. The van der Waals surface area contributed by atoms with Crippen LogP contribution < -0.4 is 0 Å². The zero-order valence-electron chi connectivity index (χ0n) is 8.02. The van der Waals surface area contributed by atoms with E-state index in [4.69, 9.17) is 10.2 Å². The fraction of sp³-hybridized carbons (Fsp3) is 0.200. The van der Waals surface area contributed by atoms with Gasteiger partial charge in [-0.25, -0.2) is 4.79 Å². The Morgan fingerprint density at radius 3 is 2.33 bits per heavy atom. The molecule has 5 heteroatoms. The number of aromatic hydroxyl groups is 2. The van der Waals surface area contributed by atoms with E-state index in [0.717, 1.165) is 12.1 Å². The van der Waals surface area contributed by atoms with Crippen molar-refractivity contribution in [3.8, 4) is 11.5 Å². The predicted molar refractivity (Wildman–Crippen MR) is 51.1 cm³/mol. The van der Waals surface area contributed by atoms with Gasteiger partial charge >= 0.3 is 5.97 Å². The van der Waals surface area contributed by atoms with Gasteiger partial charge in [0.25, 0.3) is 0 Å². The highest BCUT2D eigenvalue weighted by molar-refractivity contribution is 5.94. The van der Waals surface area contributed by atoms with E-state index in [1.165, 1.54) is 6.92 Å². The van der Waals surface area contributed by atoms with Crippen LogP contribution >= 0.6 is 0 Å². The number of carbonyl (C=O) groups is 2. The van der Waals surface area contributed by atoms with Crippen molar-refractivity contribution >= 4 is 11.8 Å². The summed E-state index contributed by atoms with van der Waals surface area (Å²) in [4.78, 5) is 21.6. The van der Waals surface area contributed by atoms with Gasteiger partial charge in [0.1, 0.15) is 22.8 Å². The molecule has 0 spiro atoms. The van der Waals surface area contributed by atoms with E-state index in [-0.39, 0.29) is 29.1 Å². The van der Waals surface area contributed by atoms with Crippen LogP contribution in [0.2, 0.25) is 0 Å². The minimum atomic E-state index is -1.33. The fourth-order valence-electron chi connectivity index (χ4n) is 1.32. The minimum absolute atomic E-state index is 0.104. The molecule has 0 aliphatic rings. The van der Waals surface area contributed by atoms with Crippen LogP contribution in [0.4, 0.5) is 0 Å². The van der Waals surface area contributed by atoms with Crippen molar-refractivity contribution in [2.45, 2.75) is 13.3 Å². The lowest BCUT2D eigenvalue weighted by Crippen LogP contribution is -2.06. The van der Waals surface area contributed by atoms with E-state index in [0.29, 0.717) is 0 Å². The minimum Gasteiger partial charge on any atom is -0.508 e. The Balaban J connectivity index is 3.33. The number of carbonyl (C=O) groups excluding carboxylic acids is 1. The average Bonchev–Trinajstić information content (AvgIpc) is 1.99. The van der Waals surface area contributed by atoms with Crippen LogP contribution in [0.25, 0.3) is 0 Å². The molecule has 80 valence electrons. The first-order chi connectivity index (χ1) is 6.91. The molecule has 0 bridgehead atoms. The van der Waals surface area contributed by atoms with Gasteiger partial charge in [0.05, 0.1) is 0 Å². The summed E-state index contributed by atoms with van der Waals surface area (Å²) in [5.41, 5.74) is -0.240. The first-order valence-electron chi connectivity index (χ1n) is 4.19. The molecular formula is C10H10O5. The maximum Gasteiger partial charge on any atom is 0.339 e. The van der Waals surface area contributed by atoms with Gasteiger partial charge in [0, 0.05) is 12.5 Å². The van der Waals surface area contributed by atoms with Gasteiger partial charge in [0.15, 0.2) is 0 Å². The Labute approximate surface area is 85.6 Å². The van der Waals surface area contributed by atoms with Crippen LogP contribution in [0.1, 0.15) is 22.8 Å². The van der Waals surface area contributed by atoms with E-state index in [1.807, 2.05) is 0 Å². The Kier molecular flexibility index (Phi) is 2.94. The van der Waals surface area contributed by atoms with Gasteiger partial charge in [0.2, 0.25) is 0 Å². The maximum absolute atomic E-state index is 10.9. The third-order valence-corrected chi connectivity index (χ3v) is 1.84. The number of carboxylic acids is 1. The first-order valence-corrected chi connectivity index (χ1v) is 4.19. The van der Waals surface area contributed by atoms with Gasteiger partial charge in [-0.2, -0.15) is 0 Å². The summed E-state index contributed by atoms with van der Waals surface area (Å²) < 4.78 is 0. The molecule has 5 nitrogen and oxygen atoms in total. The molecule has 1 rings (SSSR count). The standard InChI is InChI=1S/C10H10O5/c1-5(11)2-6-3-7(12)4-8(13)9(6)10(14)15/h3-4,12-13H,2H2,1H3,(H,14,15). The molecule has 15 heavy (non-hydrogen) atoms. The number of ketones is 1. The Morgan fingerprint density at radius 2 is 1.87 bits per heavy atom. The van der Waals surface area contributed by atoms with Crippen molar-refractivity contribution in [2.24, 2.45) is 0 Å². The molecule has 0 radical (unpaired) electrons. The molecule has 0 saturated carbocycles. The van der Waals surface area contributed by atoms with Gasteiger partial charge in [-0.15, -0.1) is 0 Å². The highest BCUT2D eigenvalue weighted by Crippen LogP contribution is 2.27. The zero-order valence-corrected chi connectivity index (χ0v) is 8.02. The Morgan fingerprint density at radius 1 is 1.27 bits per heavy atom. The molecular weight excluding hydrogens is 200 g/mol. The Hall–Kier alpha value is -2.04. The van der Waals surface area contributed by atoms with Gasteiger partial charge < -0.3 is 15.3 Å². The van der Waals surface area contributed by atoms with Crippen molar-refractivity contribution in [1.29, 1.82) is 0 Å². The zero-order chi connectivity index (χ0) is 11.6. The molecule has 0 amide bonds. The molecule has 0 unspecified atom stereocenters. The van der Waals surface area contributed by atoms with Crippen molar-refractivity contribution in [2.75, 3.05) is 0 Å². The number of rotatable bonds is 3. The lowest BCUT2D eigenvalue weighted by Gasteiger charge is -2.07. The Bertz CT molecular complexity index is 422. The van der Waals surface area contributed by atoms with Crippen molar-refractivity contribution in [1.82, 2.24) is 0 Å². The van der Waals surface area contributed by atoms with E-state index in [2.05, 4.69) is 0 Å². The highest BCUT2D eigenvalue weighted by atomic mass is 16.4. The summed E-state index contributed by atoms with van der Waals surface area (Å²) in [7, 11) is 0. The predicted octanol–water partition coefficient (Wildman–Crippen LogP) is 0.927. The second kappa shape index (κ2) is 4.00. The van der Waals surface area contributed by atoms with Crippen LogP contribution in [0.5, 0.6) is 11.5 Å². The normalized spacial score (nSPS) is 9.93. The SMILES string of the molecule is CC(=O)Cc1cc(O)cc(O)c1C(=O)O. The van der Waals surface area contributed by atoms with Crippen LogP contribution in [0.15, 0.2) is 12.1 Å². The first kappa shape index (κ1) is 11.0. The second-order valence-corrected chi connectivity index (χ2v) is 3.18. The number of aromatic carboxylic acids is 1. The van der Waals surface area contributed by atoms with Crippen LogP contribution in [0.3, 0.4) is 0 Å². The van der Waals surface area contributed by atoms with E-state index in [9.17, 15) is 14.7 Å². The van der Waals surface area contributed by atoms with Crippen molar-refractivity contribution in [3.63, 3.8) is 0 Å². The van der Waals surface area contributed by atoms with Crippen LogP contribution in [-0.4, -0.2) is 27.1 Å². The van der Waals surface area contributed by atoms with Crippen LogP contribution in [0, 0.1) is 0 Å². The molecule has 0 fully saturated rings. The molecule has 1 aromatic carbocycles. The summed E-state index contributed by atoms with van der Waals surface area (Å²) in [5.74, 6) is -2.39. The van der Waals surface area contributed by atoms with E-state index < -0.39 is 11.7 Å². The summed E-state index contributed by atoms with van der Waals surface area (Å²) in [5, 5.41) is 27.2. The summed E-state index contributed by atoms with van der Waals surface area (Å²) in [6.45, 7) is 1.30. The smallest absolute Gasteiger partial charge is 0.339 e. The molecule has 0 atom stereocenters. The summed E-state index contributed by atoms with van der Waals surface area (Å²) in [6, 6.07) is 2.08. The second-order valence-electron chi connectivity index (χ2n) is 3.18. The number of phenolic OH excluding ortho intramolecular Hbond substituents is 1. The quantitative estimate of drug-likeness (QED) is 0.689. The van der Waals surface area contributed by atoms with Gasteiger partial charge in [-0.1, -0.05) is 0 Å². The lowest BCUT2D eigenvalue weighted by molar-refractivity contribution is -0.116. The summed E-state index contributed by atoms with van der Waals surface area (Å²) in [6.07, 6.45) is -0.135. The average molecular weight is 210 g/mol. The van der Waals surface area contributed by atoms with Crippen LogP contribution in [-0.2, 0) is 11.2 Å². The molecule has 3 N–H and O–H groups in total. The number of Topliss-reactive ketones (excluding diaryl/α,β-unsaturated/α-hetero) is 1. The topological polar surface area (TPSA) is 94.8 Å². The number of carboxylic acid groups (broad SMARTS) is 1. The van der Waals surface area contributed by atoms with Gasteiger partial charge in [-0.05, 0) is 18.6 Å². The fourth-order valence-corrected chi connectivity index (χ4v) is 1.32. The van der Waals surface area contributed by atoms with Crippen molar-refractivity contribution in [3.05, 3.63) is 23.3 Å². The number of benzene rings is 1. The lowest BCUT2D eigenvalue weighted by atomic mass is 10.0. The number of phenols is 2.